The first-order chi connectivity index (χ1) is 14.4. The molecule has 4 unspecified atom stereocenters. The summed E-state index contributed by atoms with van der Waals surface area (Å²) >= 11 is 12.3. The lowest BCUT2D eigenvalue weighted by Gasteiger charge is -2.36. The maximum absolute atomic E-state index is 13.7. The molecule has 4 aliphatic rings. The fraction of sp³-hybridized carbons (Fsp3) is 0.318. The van der Waals surface area contributed by atoms with Gasteiger partial charge in [-0.15, -0.1) is 0 Å². The van der Waals surface area contributed by atoms with Crippen molar-refractivity contribution in [3.05, 3.63) is 58.1 Å². The number of imide groups is 1. The number of benzene rings is 2. The minimum atomic E-state index is -1.21. The maximum atomic E-state index is 13.7. The van der Waals surface area contributed by atoms with Crippen molar-refractivity contribution in [2.24, 2.45) is 11.8 Å². The van der Waals surface area contributed by atoms with Crippen LogP contribution in [0, 0.1) is 11.8 Å². The van der Waals surface area contributed by atoms with E-state index in [9.17, 15) is 14.4 Å². The van der Waals surface area contributed by atoms with Crippen LogP contribution in [0.3, 0.4) is 0 Å². The molecule has 152 valence electrons. The van der Waals surface area contributed by atoms with Crippen LogP contribution in [-0.4, -0.2) is 35.2 Å². The van der Waals surface area contributed by atoms with E-state index < -0.39 is 17.4 Å². The molecule has 2 aromatic rings. The highest BCUT2D eigenvalue weighted by Gasteiger charge is 2.74. The predicted octanol–water partition coefficient (Wildman–Crippen LogP) is 3.42. The molecular weight excluding hydrogens is 425 g/mol. The number of carbonyl (C=O) groups excluding carboxylic acids is 3. The van der Waals surface area contributed by atoms with E-state index in [0.29, 0.717) is 33.5 Å². The van der Waals surface area contributed by atoms with Crippen LogP contribution in [0.15, 0.2) is 42.5 Å². The lowest BCUT2D eigenvalue weighted by molar-refractivity contribution is -0.135. The summed E-state index contributed by atoms with van der Waals surface area (Å²) in [5.41, 5.74) is 0.618. The standard InChI is InChI=1S/C22H17Cl2N3O3/c23-11-3-6-13(7-4-11)27-19(28)17-16-2-1-9-26(16)22(18(17)20(27)29)14-10-12(24)5-8-15(14)25-21(22)30/h3-8,10,16-18H,1-2,9H2,(H,25,30). The number of nitrogens with zero attached hydrogens (tertiary/aromatic N) is 2. The SMILES string of the molecule is O=C1C2C3CCCN3C3(C(=O)Nc4ccc(Cl)cc43)C2C(=O)N1c1ccc(Cl)cc1. The average Bonchev–Trinajstić information content (AvgIpc) is 3.42. The Bertz CT molecular complexity index is 1130. The zero-order valence-corrected chi connectivity index (χ0v) is 17.3. The number of hydrogen-bond donors (Lipinski definition) is 1. The van der Waals surface area contributed by atoms with E-state index >= 15 is 0 Å². The van der Waals surface area contributed by atoms with Gasteiger partial charge in [-0.25, -0.2) is 4.90 Å². The summed E-state index contributed by atoms with van der Waals surface area (Å²) in [5.74, 6) is -2.19. The van der Waals surface area contributed by atoms with Crippen molar-refractivity contribution < 1.29 is 14.4 Å². The minimum absolute atomic E-state index is 0.153. The van der Waals surface area contributed by atoms with Gasteiger partial charge in [0.25, 0.3) is 0 Å². The second kappa shape index (κ2) is 6.06. The molecule has 0 radical (unpaired) electrons. The van der Waals surface area contributed by atoms with Gasteiger partial charge in [0, 0.05) is 27.3 Å². The van der Waals surface area contributed by atoms with Gasteiger partial charge in [-0.1, -0.05) is 23.2 Å². The third-order valence-electron chi connectivity index (χ3n) is 7.04. The van der Waals surface area contributed by atoms with Crippen LogP contribution in [0.2, 0.25) is 10.0 Å². The number of nitrogens with one attached hydrogen (secondary N) is 1. The molecule has 4 aliphatic heterocycles. The van der Waals surface area contributed by atoms with Gasteiger partial charge in [-0.05, 0) is 61.9 Å². The quantitative estimate of drug-likeness (QED) is 0.688. The normalized spacial score (nSPS) is 32.0. The lowest BCUT2D eigenvalue weighted by atomic mass is 9.75. The average molecular weight is 442 g/mol. The van der Waals surface area contributed by atoms with Crippen LogP contribution in [0.4, 0.5) is 11.4 Å². The van der Waals surface area contributed by atoms with E-state index in [4.69, 9.17) is 23.2 Å². The molecule has 8 heteroatoms. The van der Waals surface area contributed by atoms with E-state index in [1.54, 1.807) is 42.5 Å². The van der Waals surface area contributed by atoms with Gasteiger partial charge in [-0.3, -0.25) is 19.3 Å². The van der Waals surface area contributed by atoms with Crippen molar-refractivity contribution in [2.75, 3.05) is 16.8 Å². The molecular formula is C22H17Cl2N3O3. The van der Waals surface area contributed by atoms with Gasteiger partial charge in [0.1, 0.15) is 5.54 Å². The second-order valence-electron chi connectivity index (χ2n) is 8.31. The summed E-state index contributed by atoms with van der Waals surface area (Å²) in [7, 11) is 0. The molecule has 1 N–H and O–H groups in total. The number of rotatable bonds is 1. The Balaban J connectivity index is 1.56. The van der Waals surface area contributed by atoms with E-state index in [2.05, 4.69) is 10.2 Å². The highest BCUT2D eigenvalue weighted by molar-refractivity contribution is 6.32. The van der Waals surface area contributed by atoms with E-state index in [0.717, 1.165) is 12.8 Å². The zero-order chi connectivity index (χ0) is 20.8. The first-order valence-electron chi connectivity index (χ1n) is 9.96. The van der Waals surface area contributed by atoms with Crippen molar-refractivity contribution in [1.29, 1.82) is 0 Å². The topological polar surface area (TPSA) is 69.7 Å². The number of amides is 3. The summed E-state index contributed by atoms with van der Waals surface area (Å²) in [4.78, 5) is 44.1. The molecule has 3 saturated heterocycles. The maximum Gasteiger partial charge on any atom is 0.250 e. The first-order valence-corrected chi connectivity index (χ1v) is 10.7. The van der Waals surface area contributed by atoms with Crippen molar-refractivity contribution in [1.82, 2.24) is 4.90 Å². The molecule has 0 saturated carbocycles. The highest BCUT2D eigenvalue weighted by atomic mass is 35.5. The first kappa shape index (κ1) is 18.4. The number of carbonyl (C=O) groups is 3. The van der Waals surface area contributed by atoms with Gasteiger partial charge >= 0.3 is 0 Å². The number of halogens is 2. The summed E-state index contributed by atoms with van der Waals surface area (Å²) in [6, 6.07) is 11.7. The zero-order valence-electron chi connectivity index (χ0n) is 15.8. The van der Waals surface area contributed by atoms with E-state index in [1.165, 1.54) is 4.90 Å². The van der Waals surface area contributed by atoms with E-state index in [-0.39, 0.29) is 23.8 Å². The molecule has 4 atom stereocenters. The van der Waals surface area contributed by atoms with Gasteiger partial charge in [-0.2, -0.15) is 0 Å². The van der Waals surface area contributed by atoms with E-state index in [1.807, 2.05) is 0 Å². The molecule has 3 fully saturated rings. The molecule has 1 spiro atoms. The van der Waals surface area contributed by atoms with Crippen LogP contribution in [0.5, 0.6) is 0 Å². The molecule has 3 amide bonds. The molecule has 0 aliphatic carbocycles. The fourth-order valence-electron chi connectivity index (χ4n) is 6.02. The molecule has 6 nitrogen and oxygen atoms in total. The van der Waals surface area contributed by atoms with Crippen LogP contribution in [0.1, 0.15) is 18.4 Å². The monoisotopic (exact) mass is 441 g/mol. The van der Waals surface area contributed by atoms with Crippen LogP contribution in [0.25, 0.3) is 0 Å². The van der Waals surface area contributed by atoms with Gasteiger partial charge in [0.2, 0.25) is 17.7 Å². The largest absolute Gasteiger partial charge is 0.324 e. The predicted molar refractivity (Wildman–Crippen MR) is 112 cm³/mol. The Labute approximate surface area is 182 Å². The highest BCUT2D eigenvalue weighted by Crippen LogP contribution is 2.60. The molecule has 30 heavy (non-hydrogen) atoms. The van der Waals surface area contributed by atoms with Crippen molar-refractivity contribution in [2.45, 2.75) is 24.4 Å². The van der Waals surface area contributed by atoms with Gasteiger partial charge in [0.15, 0.2) is 0 Å². The Morgan fingerprint density at radius 3 is 2.47 bits per heavy atom. The Morgan fingerprint density at radius 1 is 0.967 bits per heavy atom. The number of anilines is 2. The van der Waals surface area contributed by atoms with Crippen LogP contribution >= 0.6 is 23.2 Å². The second-order valence-corrected chi connectivity index (χ2v) is 9.18. The molecule has 0 bridgehead atoms. The van der Waals surface area contributed by atoms with Crippen LogP contribution < -0.4 is 10.2 Å². The van der Waals surface area contributed by atoms with Crippen molar-refractivity contribution >= 4 is 52.3 Å². The molecule has 6 rings (SSSR count). The molecule has 0 aromatic heterocycles. The summed E-state index contributed by atoms with van der Waals surface area (Å²) in [5, 5.41) is 3.96. The van der Waals surface area contributed by atoms with Crippen molar-refractivity contribution in [3.8, 4) is 0 Å². The molecule has 4 heterocycles. The fourth-order valence-corrected chi connectivity index (χ4v) is 6.32. The smallest absolute Gasteiger partial charge is 0.250 e. The Kier molecular flexibility index (Phi) is 3.71. The minimum Gasteiger partial charge on any atom is -0.324 e. The third-order valence-corrected chi connectivity index (χ3v) is 7.53. The summed E-state index contributed by atoms with van der Waals surface area (Å²) in [6.45, 7) is 0.665. The Morgan fingerprint density at radius 2 is 1.70 bits per heavy atom. The van der Waals surface area contributed by atoms with Crippen LogP contribution in [-0.2, 0) is 19.9 Å². The third kappa shape index (κ3) is 2.06. The lowest BCUT2D eigenvalue weighted by Crippen LogP contribution is -2.54. The summed E-state index contributed by atoms with van der Waals surface area (Å²) < 4.78 is 0. The Hall–Kier alpha value is -2.41. The van der Waals surface area contributed by atoms with Gasteiger partial charge < -0.3 is 5.32 Å². The van der Waals surface area contributed by atoms with Crippen molar-refractivity contribution in [3.63, 3.8) is 0 Å². The number of hydrogen-bond acceptors (Lipinski definition) is 4. The van der Waals surface area contributed by atoms with Gasteiger partial charge in [0.05, 0.1) is 17.5 Å². The number of fused-ring (bicyclic) bond motifs is 7. The summed E-state index contributed by atoms with van der Waals surface area (Å²) in [6.07, 6.45) is 1.65. The molecule has 2 aromatic carbocycles.